The predicted octanol–water partition coefficient (Wildman–Crippen LogP) is -0.843. The van der Waals surface area contributed by atoms with Crippen LogP contribution in [0.15, 0.2) is 0 Å². The highest BCUT2D eigenvalue weighted by Gasteiger charge is 2.11. The molecule has 0 atom stereocenters. The predicted molar refractivity (Wildman–Crippen MR) is 31.3 cm³/mol. The van der Waals surface area contributed by atoms with Crippen molar-refractivity contribution >= 4 is 13.9 Å². The van der Waals surface area contributed by atoms with Gasteiger partial charge in [-0.25, -0.2) is 4.79 Å². The first-order valence-corrected chi connectivity index (χ1v) is 2.27. The van der Waals surface area contributed by atoms with Crippen LogP contribution in [0.5, 0.6) is 0 Å². The van der Waals surface area contributed by atoms with Crippen LogP contribution < -0.4 is 0 Å². The summed E-state index contributed by atoms with van der Waals surface area (Å²) in [5.74, 6) is 0.181. The third-order valence-corrected chi connectivity index (χ3v) is 0.945. The second kappa shape index (κ2) is 1.66. The van der Waals surface area contributed by atoms with Crippen LogP contribution in [0, 0.1) is 0 Å². The Morgan fingerprint density at radius 3 is 1.71 bits per heavy atom. The minimum absolute atomic E-state index is 0.181. The molecule has 0 aliphatic carbocycles. The van der Waals surface area contributed by atoms with Gasteiger partial charge < -0.3 is 4.39 Å². The molecule has 2 nitrogen and oxygen atoms in total. The molecule has 1 amide bonds. The highest BCUT2D eigenvalue weighted by atomic mass is 16.2. The van der Waals surface area contributed by atoms with Gasteiger partial charge in [0.1, 0.15) is 0 Å². The van der Waals surface area contributed by atoms with E-state index in [4.69, 9.17) is 0 Å². The standard InChI is InChI=1S/C4H11BNO/c1-4(7)6(2,3)5/h5H2,1-3H3/q+1. The van der Waals surface area contributed by atoms with Crippen molar-refractivity contribution in [3.63, 3.8) is 0 Å². The number of carbonyl (C=O) groups is 1. The van der Waals surface area contributed by atoms with Gasteiger partial charge in [-0.1, -0.05) is 0 Å². The van der Waals surface area contributed by atoms with E-state index in [1.54, 1.807) is 6.92 Å². The van der Waals surface area contributed by atoms with Crippen molar-refractivity contribution in [2.75, 3.05) is 14.1 Å². The normalized spacial score (nSPS) is 11.3. The summed E-state index contributed by atoms with van der Waals surface area (Å²) in [6.07, 6.45) is 0. The molecule has 0 aromatic rings. The zero-order valence-electron chi connectivity index (χ0n) is 5.36. The lowest BCUT2D eigenvalue weighted by atomic mass is 10.2. The Balaban J connectivity index is 3.79. The highest BCUT2D eigenvalue weighted by Crippen LogP contribution is 1.86. The molecule has 0 spiro atoms. The fourth-order valence-electron chi connectivity index (χ4n) is 0. The van der Waals surface area contributed by atoms with Gasteiger partial charge in [0.15, 0.2) is 0 Å². The minimum Gasteiger partial charge on any atom is -0.341 e. The molecule has 0 unspecified atom stereocenters. The second-order valence-electron chi connectivity index (χ2n) is 2.53. The van der Waals surface area contributed by atoms with Crippen LogP contribution in [0.4, 0.5) is 0 Å². The lowest BCUT2D eigenvalue weighted by Crippen LogP contribution is -2.40. The Morgan fingerprint density at radius 2 is 1.71 bits per heavy atom. The third kappa shape index (κ3) is 2.40. The Labute approximate surface area is 45.1 Å². The topological polar surface area (TPSA) is 17.1 Å². The van der Waals surface area contributed by atoms with E-state index >= 15 is 0 Å². The number of carbonyl (C=O) groups excluding carboxylic acids is 1. The van der Waals surface area contributed by atoms with E-state index in [1.165, 1.54) is 0 Å². The van der Waals surface area contributed by atoms with Gasteiger partial charge in [0.25, 0.3) is 5.91 Å². The molecule has 0 bridgehead atoms. The van der Waals surface area contributed by atoms with Gasteiger partial charge >= 0.3 is 7.98 Å². The zero-order valence-corrected chi connectivity index (χ0v) is 5.36. The van der Waals surface area contributed by atoms with Gasteiger partial charge in [0.2, 0.25) is 0 Å². The Hall–Kier alpha value is -0.305. The first-order valence-electron chi connectivity index (χ1n) is 2.27. The molecule has 0 N–H and O–H groups in total. The first kappa shape index (κ1) is 6.69. The van der Waals surface area contributed by atoms with Crippen molar-refractivity contribution in [1.29, 1.82) is 0 Å². The van der Waals surface area contributed by atoms with E-state index in [0.29, 0.717) is 4.39 Å². The van der Waals surface area contributed by atoms with Gasteiger partial charge in [-0.15, -0.1) is 0 Å². The van der Waals surface area contributed by atoms with Crippen LogP contribution in [0.3, 0.4) is 0 Å². The van der Waals surface area contributed by atoms with Gasteiger partial charge in [-0.2, -0.15) is 0 Å². The second-order valence-corrected chi connectivity index (χ2v) is 2.53. The first-order chi connectivity index (χ1) is 2.94. The zero-order chi connectivity index (χ0) is 6.08. The summed E-state index contributed by atoms with van der Waals surface area (Å²) in [4.78, 5) is 10.4. The van der Waals surface area contributed by atoms with Crippen LogP contribution in [0.2, 0.25) is 0 Å². The van der Waals surface area contributed by atoms with E-state index in [0.717, 1.165) is 0 Å². The van der Waals surface area contributed by atoms with Crippen molar-refractivity contribution in [2.45, 2.75) is 6.92 Å². The lowest BCUT2D eigenvalue weighted by molar-refractivity contribution is -0.690. The molecule has 3 heteroatoms. The van der Waals surface area contributed by atoms with Crippen molar-refractivity contribution in [3.05, 3.63) is 0 Å². The van der Waals surface area contributed by atoms with Gasteiger partial charge in [0.05, 0.1) is 14.1 Å². The van der Waals surface area contributed by atoms with E-state index in [-0.39, 0.29) is 5.91 Å². The van der Waals surface area contributed by atoms with Crippen molar-refractivity contribution in [2.24, 2.45) is 0 Å². The lowest BCUT2D eigenvalue weighted by Gasteiger charge is -2.19. The van der Waals surface area contributed by atoms with Crippen LogP contribution in [-0.4, -0.2) is 32.4 Å². The Kier molecular flexibility index (Phi) is 1.59. The maximum absolute atomic E-state index is 10.4. The molecule has 0 rings (SSSR count). The van der Waals surface area contributed by atoms with Gasteiger partial charge in [-0.05, 0) is 0 Å². The molecule has 7 heavy (non-hydrogen) atoms. The fourth-order valence-corrected chi connectivity index (χ4v) is 0. The summed E-state index contributed by atoms with van der Waals surface area (Å²) < 4.78 is 0.417. The molecule has 0 saturated carbocycles. The molecule has 0 aliphatic heterocycles. The number of hydrogen-bond acceptors (Lipinski definition) is 1. The largest absolute Gasteiger partial charge is 0.379 e. The van der Waals surface area contributed by atoms with Crippen LogP contribution in [0.25, 0.3) is 0 Å². The molecule has 0 aromatic heterocycles. The summed E-state index contributed by atoms with van der Waals surface area (Å²) in [6.45, 7) is 1.58. The monoisotopic (exact) mass is 100 g/mol. The van der Waals surface area contributed by atoms with Crippen molar-refractivity contribution in [1.82, 2.24) is 0 Å². The number of rotatable bonds is 0. The maximum Gasteiger partial charge on any atom is 0.379 e. The minimum atomic E-state index is 0.181. The Bertz CT molecular complexity index is 84.2. The smallest absolute Gasteiger partial charge is 0.341 e. The average Bonchev–Trinajstić information content (AvgIpc) is 1.31. The summed E-state index contributed by atoms with van der Waals surface area (Å²) in [5, 5.41) is 0. The molecule has 0 fully saturated rings. The summed E-state index contributed by atoms with van der Waals surface area (Å²) in [5.41, 5.74) is 0. The quantitative estimate of drug-likeness (QED) is 0.362. The van der Waals surface area contributed by atoms with Gasteiger partial charge in [0, 0.05) is 6.92 Å². The summed E-state index contributed by atoms with van der Waals surface area (Å²) in [7, 11) is 5.55. The molecule has 0 saturated heterocycles. The van der Waals surface area contributed by atoms with E-state index in [1.807, 2.05) is 22.1 Å². The number of nitrogens with zero attached hydrogens (tertiary/aromatic N) is 1. The fraction of sp³-hybridized carbons (Fsp3) is 0.750. The summed E-state index contributed by atoms with van der Waals surface area (Å²) >= 11 is 0. The maximum atomic E-state index is 10.4. The van der Waals surface area contributed by atoms with Crippen LogP contribution in [0.1, 0.15) is 6.92 Å². The van der Waals surface area contributed by atoms with E-state index in [2.05, 4.69) is 0 Å². The van der Waals surface area contributed by atoms with E-state index < -0.39 is 0 Å². The molecule has 40 valence electrons. The van der Waals surface area contributed by atoms with E-state index in [9.17, 15) is 4.79 Å². The number of quaternary nitrogens is 1. The highest BCUT2D eigenvalue weighted by molar-refractivity contribution is 6.03. The third-order valence-electron chi connectivity index (χ3n) is 0.945. The molecular weight excluding hydrogens is 88.9 g/mol. The van der Waals surface area contributed by atoms with Crippen molar-refractivity contribution in [3.8, 4) is 0 Å². The molecule has 0 aliphatic rings. The number of amides is 1. The van der Waals surface area contributed by atoms with Gasteiger partial charge in [-0.3, -0.25) is 0 Å². The molecule has 0 aromatic carbocycles. The van der Waals surface area contributed by atoms with Crippen LogP contribution in [-0.2, 0) is 4.79 Å². The molecular formula is C4H11BNO+. The van der Waals surface area contributed by atoms with Crippen LogP contribution >= 0.6 is 0 Å². The molecule has 0 radical (unpaired) electrons. The Morgan fingerprint density at radius 1 is 1.57 bits per heavy atom. The SMILES string of the molecule is B[N+](C)(C)C(C)=O. The number of hydrogen-bond donors (Lipinski definition) is 0. The average molecular weight is 99.9 g/mol. The van der Waals surface area contributed by atoms with Crippen molar-refractivity contribution < 1.29 is 9.19 Å². The summed E-state index contributed by atoms with van der Waals surface area (Å²) in [6, 6.07) is 0. The molecule has 0 heterocycles.